The summed E-state index contributed by atoms with van der Waals surface area (Å²) in [6.45, 7) is 5.53. The van der Waals surface area contributed by atoms with E-state index in [-0.39, 0.29) is 11.8 Å². The Morgan fingerprint density at radius 2 is 1.79 bits per heavy atom. The Labute approximate surface area is 167 Å². The zero-order valence-electron chi connectivity index (χ0n) is 16.1. The van der Waals surface area contributed by atoms with Gasteiger partial charge in [-0.15, -0.1) is 15.3 Å². The number of nitrogens with one attached hydrogen (secondary N) is 1. The minimum absolute atomic E-state index is 0.0602. The van der Waals surface area contributed by atoms with Crippen molar-refractivity contribution in [2.45, 2.75) is 13.5 Å². The van der Waals surface area contributed by atoms with E-state index in [9.17, 15) is 9.18 Å². The van der Waals surface area contributed by atoms with E-state index in [1.807, 2.05) is 24.0 Å². The first-order valence-electron chi connectivity index (χ1n) is 9.78. The van der Waals surface area contributed by atoms with Crippen molar-refractivity contribution in [3.05, 3.63) is 53.6 Å². The fraction of sp³-hybridized carbons (Fsp3) is 0.400. The van der Waals surface area contributed by atoms with E-state index in [4.69, 9.17) is 0 Å². The summed E-state index contributed by atoms with van der Waals surface area (Å²) in [7, 11) is 0. The summed E-state index contributed by atoms with van der Waals surface area (Å²) in [4.78, 5) is 16.7. The number of rotatable bonds is 3. The zero-order chi connectivity index (χ0) is 20.0. The van der Waals surface area contributed by atoms with E-state index in [1.165, 1.54) is 12.1 Å². The Hall–Kier alpha value is -3.23. The molecule has 0 spiro atoms. The maximum absolute atomic E-state index is 13.0. The summed E-state index contributed by atoms with van der Waals surface area (Å²) >= 11 is 0. The van der Waals surface area contributed by atoms with Gasteiger partial charge in [0.2, 0.25) is 0 Å². The number of aryl methyl sites for hydroxylation is 1. The summed E-state index contributed by atoms with van der Waals surface area (Å²) in [5, 5.41) is 15.7. The molecule has 0 aliphatic carbocycles. The summed E-state index contributed by atoms with van der Waals surface area (Å²) in [5.41, 5.74) is 1.63. The first-order valence-corrected chi connectivity index (χ1v) is 9.78. The SMILES string of the molecule is Cc1nnc2ccc(N3CC4CN(C(=O)NCc5ccc(F)cc5)CC4C3)nn12. The fourth-order valence-electron chi connectivity index (χ4n) is 4.29. The highest BCUT2D eigenvalue weighted by atomic mass is 19.1. The molecule has 1 N–H and O–H groups in total. The van der Waals surface area contributed by atoms with Gasteiger partial charge in [-0.3, -0.25) is 0 Å². The van der Waals surface area contributed by atoms with Gasteiger partial charge in [0.1, 0.15) is 11.6 Å². The number of hydrogen-bond acceptors (Lipinski definition) is 5. The van der Waals surface area contributed by atoms with Crippen LogP contribution in [0.3, 0.4) is 0 Å². The number of urea groups is 1. The molecule has 150 valence electrons. The number of aromatic nitrogens is 4. The Balaban J connectivity index is 1.18. The van der Waals surface area contributed by atoms with Crippen molar-refractivity contribution in [3.63, 3.8) is 0 Å². The molecule has 2 amide bonds. The maximum atomic E-state index is 13.0. The van der Waals surface area contributed by atoms with Crippen LogP contribution in [-0.2, 0) is 6.54 Å². The average Bonchev–Trinajstić information content (AvgIpc) is 3.40. The third-order valence-electron chi connectivity index (χ3n) is 5.86. The Morgan fingerprint density at radius 3 is 2.52 bits per heavy atom. The molecule has 0 saturated carbocycles. The lowest BCUT2D eigenvalue weighted by molar-refractivity contribution is 0.205. The summed E-state index contributed by atoms with van der Waals surface area (Å²) in [6, 6.07) is 10.0. The number of halogens is 1. The highest BCUT2D eigenvalue weighted by Gasteiger charge is 2.42. The molecule has 4 heterocycles. The van der Waals surface area contributed by atoms with Crippen molar-refractivity contribution in [3.8, 4) is 0 Å². The van der Waals surface area contributed by atoms with Crippen LogP contribution >= 0.6 is 0 Å². The number of hydrogen-bond donors (Lipinski definition) is 1. The monoisotopic (exact) mass is 395 g/mol. The minimum Gasteiger partial charge on any atom is -0.354 e. The average molecular weight is 395 g/mol. The Morgan fingerprint density at radius 1 is 1.07 bits per heavy atom. The van der Waals surface area contributed by atoms with Gasteiger partial charge in [0, 0.05) is 44.6 Å². The smallest absolute Gasteiger partial charge is 0.317 e. The van der Waals surface area contributed by atoms with E-state index in [1.54, 1.807) is 16.6 Å². The number of carbonyl (C=O) groups excluding carboxylic acids is 1. The van der Waals surface area contributed by atoms with Crippen LogP contribution in [0.5, 0.6) is 0 Å². The summed E-state index contributed by atoms with van der Waals surface area (Å²) in [5.74, 6) is 2.29. The molecule has 2 aliphatic heterocycles. The van der Waals surface area contributed by atoms with Gasteiger partial charge in [-0.2, -0.15) is 4.52 Å². The van der Waals surface area contributed by atoms with Crippen LogP contribution < -0.4 is 10.2 Å². The molecule has 2 aromatic heterocycles. The Bertz CT molecular complexity index is 1040. The molecule has 8 nitrogen and oxygen atoms in total. The van der Waals surface area contributed by atoms with Gasteiger partial charge in [-0.25, -0.2) is 9.18 Å². The molecule has 0 radical (unpaired) electrons. The van der Waals surface area contributed by atoms with E-state index in [0.717, 1.165) is 49.0 Å². The molecule has 2 fully saturated rings. The van der Waals surface area contributed by atoms with Crippen LogP contribution in [0, 0.1) is 24.6 Å². The summed E-state index contributed by atoms with van der Waals surface area (Å²) < 4.78 is 14.7. The predicted molar refractivity (Wildman–Crippen MR) is 105 cm³/mol. The minimum atomic E-state index is -0.273. The highest BCUT2D eigenvalue weighted by molar-refractivity contribution is 5.74. The van der Waals surface area contributed by atoms with Crippen LogP contribution in [0.15, 0.2) is 36.4 Å². The summed E-state index contributed by atoms with van der Waals surface area (Å²) in [6.07, 6.45) is 0. The molecule has 9 heteroatoms. The van der Waals surface area contributed by atoms with Crippen LogP contribution in [0.1, 0.15) is 11.4 Å². The third kappa shape index (κ3) is 3.37. The number of anilines is 1. The van der Waals surface area contributed by atoms with E-state index < -0.39 is 0 Å². The molecule has 3 aromatic rings. The van der Waals surface area contributed by atoms with Crippen molar-refractivity contribution >= 4 is 17.5 Å². The number of amides is 2. The number of likely N-dealkylation sites (tertiary alicyclic amines) is 1. The standard InChI is InChI=1S/C20H22FN7O/c1-13-23-24-18-6-7-19(25-28(13)18)26-9-15-11-27(12-16(15)10-26)20(29)22-8-14-2-4-17(21)5-3-14/h2-7,15-16H,8-12H2,1H3,(H,22,29). The van der Waals surface area contributed by atoms with Crippen molar-refractivity contribution < 1.29 is 9.18 Å². The van der Waals surface area contributed by atoms with Crippen LogP contribution in [0.25, 0.3) is 5.65 Å². The van der Waals surface area contributed by atoms with Gasteiger partial charge in [-0.05, 0) is 36.8 Å². The third-order valence-corrected chi connectivity index (χ3v) is 5.86. The Kier molecular flexibility index (Phi) is 4.30. The molecule has 0 bridgehead atoms. The lowest BCUT2D eigenvalue weighted by atomic mass is 10.0. The van der Waals surface area contributed by atoms with Crippen molar-refractivity contribution in [1.29, 1.82) is 0 Å². The zero-order valence-corrected chi connectivity index (χ0v) is 16.1. The molecular weight excluding hydrogens is 373 g/mol. The largest absolute Gasteiger partial charge is 0.354 e. The van der Waals surface area contributed by atoms with Gasteiger partial charge in [0.15, 0.2) is 11.5 Å². The van der Waals surface area contributed by atoms with Gasteiger partial charge in [0.25, 0.3) is 0 Å². The van der Waals surface area contributed by atoms with Crippen molar-refractivity contribution in [1.82, 2.24) is 30.0 Å². The van der Waals surface area contributed by atoms with Gasteiger partial charge < -0.3 is 15.1 Å². The van der Waals surface area contributed by atoms with Gasteiger partial charge in [-0.1, -0.05) is 12.1 Å². The van der Waals surface area contributed by atoms with Crippen LogP contribution in [-0.4, -0.2) is 56.9 Å². The van der Waals surface area contributed by atoms with Gasteiger partial charge >= 0.3 is 6.03 Å². The number of fused-ring (bicyclic) bond motifs is 2. The second-order valence-corrected chi connectivity index (χ2v) is 7.82. The van der Waals surface area contributed by atoms with Crippen LogP contribution in [0.2, 0.25) is 0 Å². The van der Waals surface area contributed by atoms with Crippen LogP contribution in [0.4, 0.5) is 15.0 Å². The second-order valence-electron chi connectivity index (χ2n) is 7.82. The number of carbonyl (C=O) groups is 1. The molecule has 29 heavy (non-hydrogen) atoms. The predicted octanol–water partition coefficient (Wildman–Crippen LogP) is 1.85. The lowest BCUT2D eigenvalue weighted by Gasteiger charge is -2.22. The number of benzene rings is 1. The molecule has 2 saturated heterocycles. The van der Waals surface area contributed by atoms with E-state index in [2.05, 4.69) is 25.5 Å². The second kappa shape index (κ2) is 6.98. The molecule has 2 atom stereocenters. The topological polar surface area (TPSA) is 78.7 Å². The van der Waals surface area contributed by atoms with E-state index >= 15 is 0 Å². The number of nitrogens with zero attached hydrogens (tertiary/aromatic N) is 6. The van der Waals surface area contributed by atoms with Gasteiger partial charge in [0.05, 0.1) is 0 Å². The normalized spacial score (nSPS) is 21.0. The molecular formula is C20H22FN7O. The van der Waals surface area contributed by atoms with Crippen molar-refractivity contribution in [2.24, 2.45) is 11.8 Å². The van der Waals surface area contributed by atoms with Crippen molar-refractivity contribution in [2.75, 3.05) is 31.1 Å². The molecule has 2 unspecified atom stereocenters. The quantitative estimate of drug-likeness (QED) is 0.732. The maximum Gasteiger partial charge on any atom is 0.317 e. The highest BCUT2D eigenvalue weighted by Crippen LogP contribution is 2.33. The molecule has 1 aromatic carbocycles. The first kappa shape index (κ1) is 17.8. The van der Waals surface area contributed by atoms with E-state index in [0.29, 0.717) is 18.4 Å². The first-order chi connectivity index (χ1) is 14.1. The lowest BCUT2D eigenvalue weighted by Crippen LogP contribution is -2.40. The molecule has 2 aliphatic rings. The fourth-order valence-corrected chi connectivity index (χ4v) is 4.29. The molecule has 5 rings (SSSR count).